The van der Waals surface area contributed by atoms with Gasteiger partial charge in [0.15, 0.2) is 0 Å². The summed E-state index contributed by atoms with van der Waals surface area (Å²) in [6.45, 7) is 0.137. The fraction of sp³-hybridized carbons (Fsp3) is 0.500. The van der Waals surface area contributed by atoms with Crippen LogP contribution < -0.4 is 10.1 Å². The SMILES string of the molecule is O=C(CC1(c2ccccc2)C2CC3CC1CC(C2)C3O)NCc1cccc(OC(F)(F)F)c1. The van der Waals surface area contributed by atoms with Crippen molar-refractivity contribution in [2.24, 2.45) is 23.7 Å². The standard InChI is InChI=1S/C26H28F3NO3/c27-26(28,29)33-22-8-4-5-16(9-22)15-30-23(31)14-25(19-6-2-1-3-7-19)20-10-17-11-21(25)13-18(12-20)24(17)32/h1-9,17-18,20-21,24,32H,10-15H2,(H,30,31). The summed E-state index contributed by atoms with van der Waals surface area (Å²) >= 11 is 0. The number of amides is 1. The van der Waals surface area contributed by atoms with Gasteiger partial charge in [-0.2, -0.15) is 0 Å². The first-order valence-corrected chi connectivity index (χ1v) is 11.6. The predicted molar refractivity (Wildman–Crippen MR) is 116 cm³/mol. The highest BCUT2D eigenvalue weighted by Crippen LogP contribution is 2.64. The third kappa shape index (κ3) is 4.23. The quantitative estimate of drug-likeness (QED) is 0.642. The number of halogens is 3. The van der Waals surface area contributed by atoms with Gasteiger partial charge < -0.3 is 15.2 Å². The lowest BCUT2D eigenvalue weighted by atomic mass is 9.42. The summed E-state index contributed by atoms with van der Waals surface area (Å²) < 4.78 is 41.5. The maximum Gasteiger partial charge on any atom is 0.573 e. The van der Waals surface area contributed by atoms with E-state index in [9.17, 15) is 23.1 Å². The first kappa shape index (κ1) is 22.3. The summed E-state index contributed by atoms with van der Waals surface area (Å²) in [4.78, 5) is 13.2. The summed E-state index contributed by atoms with van der Waals surface area (Å²) in [6.07, 6.45) is -0.871. The molecule has 4 nitrogen and oxygen atoms in total. The Bertz CT molecular complexity index is 977. The number of hydrogen-bond acceptors (Lipinski definition) is 3. The zero-order chi connectivity index (χ0) is 23.2. The third-order valence-corrected chi connectivity index (χ3v) is 8.16. The lowest BCUT2D eigenvalue weighted by molar-refractivity contribution is -0.274. The maximum absolute atomic E-state index is 13.2. The number of ether oxygens (including phenoxy) is 1. The molecule has 0 heterocycles. The lowest BCUT2D eigenvalue weighted by Gasteiger charge is -2.63. The molecule has 0 aromatic heterocycles. The molecule has 0 atom stereocenters. The number of aliphatic hydroxyl groups excluding tert-OH is 1. The van der Waals surface area contributed by atoms with Crippen LogP contribution >= 0.6 is 0 Å². The molecule has 1 amide bonds. The van der Waals surface area contributed by atoms with E-state index < -0.39 is 6.36 Å². The fourth-order valence-electron chi connectivity index (χ4n) is 6.96. The molecule has 7 heteroatoms. The summed E-state index contributed by atoms with van der Waals surface area (Å²) in [5.74, 6) is 0.941. The van der Waals surface area contributed by atoms with Crippen LogP contribution in [0.4, 0.5) is 13.2 Å². The number of carbonyl (C=O) groups is 1. The Labute approximate surface area is 191 Å². The number of benzene rings is 2. The van der Waals surface area contributed by atoms with Crippen LogP contribution in [0.25, 0.3) is 0 Å². The summed E-state index contributed by atoms with van der Waals surface area (Å²) in [5.41, 5.74) is 1.47. The molecule has 0 saturated heterocycles. The predicted octanol–water partition coefficient (Wildman–Crippen LogP) is 4.96. The highest BCUT2D eigenvalue weighted by molar-refractivity contribution is 5.78. The monoisotopic (exact) mass is 459 g/mol. The Morgan fingerprint density at radius 3 is 2.24 bits per heavy atom. The molecule has 4 saturated carbocycles. The summed E-state index contributed by atoms with van der Waals surface area (Å²) in [5, 5.41) is 13.5. The van der Waals surface area contributed by atoms with E-state index >= 15 is 0 Å². The van der Waals surface area contributed by atoms with Crippen molar-refractivity contribution < 1.29 is 27.8 Å². The van der Waals surface area contributed by atoms with Crippen LogP contribution in [0.5, 0.6) is 5.75 Å². The van der Waals surface area contributed by atoms with Crippen molar-refractivity contribution in [2.45, 2.75) is 56.5 Å². The summed E-state index contributed by atoms with van der Waals surface area (Å²) in [6, 6.07) is 15.9. The molecule has 0 aliphatic heterocycles. The Morgan fingerprint density at radius 1 is 1.00 bits per heavy atom. The van der Waals surface area contributed by atoms with E-state index in [2.05, 4.69) is 22.2 Å². The van der Waals surface area contributed by atoms with E-state index in [0.717, 1.165) is 25.7 Å². The van der Waals surface area contributed by atoms with Crippen LogP contribution in [0.3, 0.4) is 0 Å². The van der Waals surface area contributed by atoms with Crippen LogP contribution in [-0.2, 0) is 16.8 Å². The van der Waals surface area contributed by atoms with Crippen molar-refractivity contribution in [3.8, 4) is 5.75 Å². The fourth-order valence-corrected chi connectivity index (χ4v) is 6.96. The molecule has 33 heavy (non-hydrogen) atoms. The van der Waals surface area contributed by atoms with Gasteiger partial charge in [0.1, 0.15) is 5.75 Å². The Balaban J connectivity index is 1.33. The van der Waals surface area contributed by atoms with Crippen LogP contribution in [0.2, 0.25) is 0 Å². The number of rotatable bonds is 6. The van der Waals surface area contributed by atoms with E-state index in [-0.39, 0.29) is 29.7 Å². The van der Waals surface area contributed by atoms with E-state index in [1.54, 1.807) is 6.07 Å². The number of nitrogens with one attached hydrogen (secondary N) is 1. The lowest BCUT2D eigenvalue weighted by Crippen LogP contribution is -2.61. The molecule has 0 unspecified atom stereocenters. The largest absolute Gasteiger partial charge is 0.573 e. The molecule has 4 bridgehead atoms. The highest BCUT2D eigenvalue weighted by atomic mass is 19.4. The molecule has 0 spiro atoms. The molecule has 6 rings (SSSR count). The number of carbonyl (C=O) groups excluding carboxylic acids is 1. The van der Waals surface area contributed by atoms with Gasteiger partial charge in [-0.1, -0.05) is 42.5 Å². The van der Waals surface area contributed by atoms with Gasteiger partial charge in [-0.25, -0.2) is 0 Å². The molecule has 2 aromatic rings. The molecule has 2 aromatic carbocycles. The van der Waals surface area contributed by atoms with Gasteiger partial charge in [-0.3, -0.25) is 4.79 Å². The molecule has 4 aliphatic rings. The van der Waals surface area contributed by atoms with Crippen molar-refractivity contribution in [1.82, 2.24) is 5.32 Å². The molecular formula is C26H28F3NO3. The van der Waals surface area contributed by atoms with Gasteiger partial charge in [0.05, 0.1) is 6.10 Å². The molecular weight excluding hydrogens is 431 g/mol. The smallest absolute Gasteiger partial charge is 0.406 e. The second-order valence-corrected chi connectivity index (χ2v) is 9.90. The number of hydrogen-bond donors (Lipinski definition) is 2. The molecule has 4 aliphatic carbocycles. The zero-order valence-electron chi connectivity index (χ0n) is 18.2. The number of aliphatic hydroxyl groups is 1. The van der Waals surface area contributed by atoms with Gasteiger partial charge in [-0.05, 0) is 72.6 Å². The normalized spacial score (nSPS) is 32.5. The van der Waals surface area contributed by atoms with Crippen molar-refractivity contribution >= 4 is 5.91 Å². The van der Waals surface area contributed by atoms with Crippen molar-refractivity contribution in [1.29, 1.82) is 0 Å². The van der Waals surface area contributed by atoms with E-state index in [1.807, 2.05) is 18.2 Å². The van der Waals surface area contributed by atoms with Gasteiger partial charge in [0.25, 0.3) is 0 Å². The average molecular weight is 460 g/mol. The zero-order valence-corrected chi connectivity index (χ0v) is 18.2. The van der Waals surface area contributed by atoms with Crippen LogP contribution in [-0.4, -0.2) is 23.5 Å². The Kier molecular flexibility index (Phi) is 5.63. The number of alkyl halides is 3. The average Bonchev–Trinajstić information content (AvgIpc) is 2.76. The minimum Gasteiger partial charge on any atom is -0.406 e. The Hall–Kier alpha value is -2.54. The molecule has 4 fully saturated rings. The van der Waals surface area contributed by atoms with Gasteiger partial charge in [0, 0.05) is 18.4 Å². The Morgan fingerprint density at radius 2 is 1.64 bits per heavy atom. The van der Waals surface area contributed by atoms with Gasteiger partial charge >= 0.3 is 6.36 Å². The third-order valence-electron chi connectivity index (χ3n) is 8.16. The molecule has 2 N–H and O–H groups in total. The van der Waals surface area contributed by atoms with E-state index in [0.29, 0.717) is 35.7 Å². The van der Waals surface area contributed by atoms with Crippen molar-refractivity contribution in [2.75, 3.05) is 0 Å². The maximum atomic E-state index is 13.2. The topological polar surface area (TPSA) is 58.6 Å². The van der Waals surface area contributed by atoms with Crippen LogP contribution in [0.15, 0.2) is 54.6 Å². The van der Waals surface area contributed by atoms with Crippen molar-refractivity contribution in [3.05, 3.63) is 65.7 Å². The first-order valence-electron chi connectivity index (χ1n) is 11.6. The van der Waals surface area contributed by atoms with Gasteiger partial charge in [-0.15, -0.1) is 13.2 Å². The highest BCUT2D eigenvalue weighted by Gasteiger charge is 2.60. The van der Waals surface area contributed by atoms with Crippen molar-refractivity contribution in [3.63, 3.8) is 0 Å². The molecule has 176 valence electrons. The second-order valence-electron chi connectivity index (χ2n) is 9.90. The summed E-state index contributed by atoms with van der Waals surface area (Å²) in [7, 11) is 0. The molecule has 0 radical (unpaired) electrons. The minimum absolute atomic E-state index is 0.103. The van der Waals surface area contributed by atoms with E-state index in [4.69, 9.17) is 0 Å². The minimum atomic E-state index is -4.75. The van der Waals surface area contributed by atoms with Crippen LogP contribution in [0, 0.1) is 23.7 Å². The van der Waals surface area contributed by atoms with Crippen LogP contribution in [0.1, 0.15) is 43.2 Å². The second kappa shape index (κ2) is 8.35. The first-order chi connectivity index (χ1) is 15.7. The van der Waals surface area contributed by atoms with Gasteiger partial charge in [0.2, 0.25) is 5.91 Å². The van der Waals surface area contributed by atoms with E-state index in [1.165, 1.54) is 23.8 Å².